The van der Waals surface area contributed by atoms with Gasteiger partial charge in [0, 0.05) is 10.1 Å². The normalized spacial score (nSPS) is 11.5. The van der Waals surface area contributed by atoms with Crippen LogP contribution in [0, 0.1) is 5.82 Å². The molecule has 1 aromatic heterocycles. The molecule has 2 aromatic rings. The Labute approximate surface area is 90.5 Å². The van der Waals surface area contributed by atoms with Gasteiger partial charge in [0.2, 0.25) is 0 Å². The molecule has 0 spiro atoms. The molecule has 1 aromatic carbocycles. The Kier molecular flexibility index (Phi) is 2.53. The van der Waals surface area contributed by atoms with Gasteiger partial charge in [-0.1, -0.05) is 0 Å². The number of alkyl halides is 2. The molecule has 0 N–H and O–H groups in total. The van der Waals surface area contributed by atoms with E-state index in [-0.39, 0.29) is 4.47 Å². The van der Waals surface area contributed by atoms with Crippen molar-refractivity contribution in [1.29, 1.82) is 0 Å². The maximum atomic E-state index is 13.3. The second-order valence-corrected chi connectivity index (χ2v) is 4.47. The van der Waals surface area contributed by atoms with Crippen LogP contribution in [-0.2, 0) is 0 Å². The number of benzene rings is 1. The van der Waals surface area contributed by atoms with Crippen LogP contribution in [0.2, 0.25) is 0 Å². The largest absolute Gasteiger partial charge is 0.266 e. The van der Waals surface area contributed by atoms with E-state index in [9.17, 15) is 13.2 Å². The van der Waals surface area contributed by atoms with Gasteiger partial charge in [-0.2, -0.15) is 0 Å². The Bertz CT molecular complexity index is 478. The monoisotopic (exact) mass is 280 g/mol. The van der Waals surface area contributed by atoms with Gasteiger partial charge in [-0.15, -0.1) is 11.3 Å². The van der Waals surface area contributed by atoms with Gasteiger partial charge in [-0.3, -0.25) is 0 Å². The van der Waals surface area contributed by atoms with E-state index in [0.29, 0.717) is 10.1 Å². The number of hydrogen-bond acceptors (Lipinski definition) is 1. The average Bonchev–Trinajstić information content (AvgIpc) is 2.58. The summed E-state index contributed by atoms with van der Waals surface area (Å²) in [6.07, 6.45) is -2.78. The standard InChI is InChI=1S/C9H4BrF3S/c10-7-4-1-2-14-6(4)3-5(8(7)11)9(12)13/h1-3,9H. The molecule has 1 heterocycles. The summed E-state index contributed by atoms with van der Waals surface area (Å²) in [5, 5.41) is 2.38. The second-order valence-electron chi connectivity index (χ2n) is 2.73. The van der Waals surface area contributed by atoms with Crippen molar-refractivity contribution in [3.05, 3.63) is 33.4 Å². The first-order valence-corrected chi connectivity index (χ1v) is 5.41. The van der Waals surface area contributed by atoms with Crippen LogP contribution in [0.25, 0.3) is 10.1 Å². The number of thiophene rings is 1. The van der Waals surface area contributed by atoms with Crippen molar-refractivity contribution in [2.24, 2.45) is 0 Å². The Balaban J connectivity index is 2.80. The molecular weight excluding hydrogens is 277 g/mol. The van der Waals surface area contributed by atoms with E-state index in [1.807, 2.05) is 0 Å². The summed E-state index contributed by atoms with van der Waals surface area (Å²) in [7, 11) is 0. The van der Waals surface area contributed by atoms with Crippen LogP contribution in [0.4, 0.5) is 13.2 Å². The van der Waals surface area contributed by atoms with Gasteiger partial charge in [0.15, 0.2) is 0 Å². The zero-order valence-electron chi connectivity index (χ0n) is 6.73. The minimum absolute atomic E-state index is 0.117. The van der Waals surface area contributed by atoms with Crippen LogP contribution in [0.1, 0.15) is 12.0 Å². The number of fused-ring (bicyclic) bond motifs is 1. The van der Waals surface area contributed by atoms with Crippen molar-refractivity contribution >= 4 is 37.4 Å². The lowest BCUT2D eigenvalue weighted by molar-refractivity contribution is 0.146. The van der Waals surface area contributed by atoms with Crippen molar-refractivity contribution in [1.82, 2.24) is 0 Å². The molecule has 0 aliphatic heterocycles. The van der Waals surface area contributed by atoms with Crippen molar-refractivity contribution in [2.45, 2.75) is 6.43 Å². The van der Waals surface area contributed by atoms with Gasteiger partial charge < -0.3 is 0 Å². The Morgan fingerprint density at radius 3 is 2.71 bits per heavy atom. The van der Waals surface area contributed by atoms with E-state index in [1.54, 1.807) is 11.4 Å². The lowest BCUT2D eigenvalue weighted by Gasteiger charge is -2.04. The number of hydrogen-bond donors (Lipinski definition) is 0. The Morgan fingerprint density at radius 1 is 1.36 bits per heavy atom. The zero-order chi connectivity index (χ0) is 10.3. The third kappa shape index (κ3) is 1.44. The summed E-state index contributed by atoms with van der Waals surface area (Å²) in [4.78, 5) is 0. The fourth-order valence-electron chi connectivity index (χ4n) is 1.22. The molecule has 0 amide bonds. The van der Waals surface area contributed by atoms with Gasteiger partial charge in [0.25, 0.3) is 6.43 Å². The molecule has 0 atom stereocenters. The second kappa shape index (κ2) is 3.55. The molecular formula is C9H4BrF3S. The summed E-state index contributed by atoms with van der Waals surface area (Å²) in [6, 6.07) is 2.90. The summed E-state index contributed by atoms with van der Waals surface area (Å²) in [6.45, 7) is 0. The van der Waals surface area contributed by atoms with Gasteiger partial charge in [0.05, 0.1) is 10.0 Å². The highest BCUT2D eigenvalue weighted by Gasteiger charge is 2.18. The molecule has 0 radical (unpaired) electrons. The SMILES string of the molecule is Fc1c(C(F)F)cc2sccc2c1Br. The van der Waals surface area contributed by atoms with E-state index in [4.69, 9.17) is 0 Å². The molecule has 0 aliphatic carbocycles. The van der Waals surface area contributed by atoms with Gasteiger partial charge in [-0.25, -0.2) is 13.2 Å². The molecule has 0 unspecified atom stereocenters. The average molecular weight is 281 g/mol. The van der Waals surface area contributed by atoms with Crippen LogP contribution in [-0.4, -0.2) is 0 Å². The third-order valence-electron chi connectivity index (χ3n) is 1.90. The van der Waals surface area contributed by atoms with E-state index in [1.165, 1.54) is 17.4 Å². The molecule has 0 nitrogen and oxygen atoms in total. The van der Waals surface area contributed by atoms with Crippen LogP contribution < -0.4 is 0 Å². The first-order chi connectivity index (χ1) is 6.61. The van der Waals surface area contributed by atoms with Crippen molar-refractivity contribution in [3.63, 3.8) is 0 Å². The minimum atomic E-state index is -2.78. The molecule has 0 fully saturated rings. The molecule has 14 heavy (non-hydrogen) atoms. The smallest absolute Gasteiger partial charge is 0.205 e. The predicted molar refractivity (Wildman–Crippen MR) is 54.4 cm³/mol. The number of rotatable bonds is 1. The summed E-state index contributed by atoms with van der Waals surface area (Å²) >= 11 is 4.29. The van der Waals surface area contributed by atoms with Gasteiger partial charge in [0.1, 0.15) is 5.82 Å². The quantitative estimate of drug-likeness (QED) is 0.708. The van der Waals surface area contributed by atoms with Gasteiger partial charge >= 0.3 is 0 Å². The summed E-state index contributed by atoms with van der Waals surface area (Å²) in [5.74, 6) is -0.870. The first-order valence-electron chi connectivity index (χ1n) is 3.74. The van der Waals surface area contributed by atoms with E-state index < -0.39 is 17.8 Å². The zero-order valence-corrected chi connectivity index (χ0v) is 9.13. The molecule has 0 saturated heterocycles. The van der Waals surface area contributed by atoms with Crippen molar-refractivity contribution < 1.29 is 13.2 Å². The lowest BCUT2D eigenvalue weighted by atomic mass is 10.2. The maximum absolute atomic E-state index is 13.3. The third-order valence-corrected chi connectivity index (χ3v) is 3.54. The highest BCUT2D eigenvalue weighted by molar-refractivity contribution is 9.10. The summed E-state index contributed by atoms with van der Waals surface area (Å²) < 4.78 is 38.9. The van der Waals surface area contributed by atoms with Crippen molar-refractivity contribution in [2.75, 3.05) is 0 Å². The lowest BCUT2D eigenvalue weighted by Crippen LogP contribution is -1.91. The summed E-state index contributed by atoms with van der Waals surface area (Å²) in [5.41, 5.74) is -0.549. The fraction of sp³-hybridized carbons (Fsp3) is 0.111. The molecule has 5 heteroatoms. The van der Waals surface area contributed by atoms with E-state index in [0.717, 1.165) is 0 Å². The number of halogens is 4. The van der Waals surface area contributed by atoms with Gasteiger partial charge in [-0.05, 0) is 33.4 Å². The molecule has 0 aliphatic rings. The maximum Gasteiger partial charge on any atom is 0.266 e. The van der Waals surface area contributed by atoms with Crippen LogP contribution in [0.5, 0.6) is 0 Å². The topological polar surface area (TPSA) is 0 Å². The Morgan fingerprint density at radius 2 is 2.07 bits per heavy atom. The molecule has 0 bridgehead atoms. The minimum Gasteiger partial charge on any atom is -0.205 e. The van der Waals surface area contributed by atoms with E-state index in [2.05, 4.69) is 15.9 Å². The van der Waals surface area contributed by atoms with Crippen molar-refractivity contribution in [3.8, 4) is 0 Å². The van der Waals surface area contributed by atoms with E-state index >= 15 is 0 Å². The van der Waals surface area contributed by atoms with Crippen LogP contribution in [0.15, 0.2) is 22.0 Å². The highest BCUT2D eigenvalue weighted by Crippen LogP contribution is 2.36. The first kappa shape index (κ1) is 9.98. The van der Waals surface area contributed by atoms with Crippen LogP contribution >= 0.6 is 27.3 Å². The molecule has 2 rings (SSSR count). The molecule has 74 valence electrons. The Hall–Kier alpha value is -0.550. The fourth-order valence-corrected chi connectivity index (χ4v) is 2.77. The highest BCUT2D eigenvalue weighted by atomic mass is 79.9. The molecule has 0 saturated carbocycles. The van der Waals surface area contributed by atoms with Crippen LogP contribution in [0.3, 0.4) is 0 Å². The predicted octanol–water partition coefficient (Wildman–Crippen LogP) is 4.74.